The number of hydrogen-bond donors (Lipinski definition) is 1. The fourth-order valence-electron chi connectivity index (χ4n) is 8.04. The highest BCUT2D eigenvalue weighted by atomic mass is 16.2. The first-order valence-electron chi connectivity index (χ1n) is 12.1. The maximum atomic E-state index is 13.1. The van der Waals surface area contributed by atoms with Gasteiger partial charge in [0.25, 0.3) is 5.91 Å². The van der Waals surface area contributed by atoms with Gasteiger partial charge in [-0.25, -0.2) is 0 Å². The number of nitrogens with zero attached hydrogens (tertiary/aromatic N) is 1. The van der Waals surface area contributed by atoms with Crippen molar-refractivity contribution in [2.75, 3.05) is 7.05 Å². The number of carbonyl (C=O) groups is 2. The fourth-order valence-corrected chi connectivity index (χ4v) is 8.04. The van der Waals surface area contributed by atoms with E-state index in [9.17, 15) is 9.59 Å². The Morgan fingerprint density at radius 1 is 1.06 bits per heavy atom. The van der Waals surface area contributed by atoms with E-state index in [1.165, 1.54) is 19.3 Å². The summed E-state index contributed by atoms with van der Waals surface area (Å²) in [5, 5.41) is 3.44. The predicted molar refractivity (Wildman–Crippen MR) is 123 cm³/mol. The minimum atomic E-state index is 0.0788. The van der Waals surface area contributed by atoms with Crippen molar-refractivity contribution in [1.82, 2.24) is 10.2 Å². The molecule has 5 rings (SSSR count). The number of likely N-dealkylation sites (N-methyl/N-ethyl adjacent to an activating group) is 1. The number of carbonyl (C=O) groups excluding carboxylic acids is 2. The first-order valence-corrected chi connectivity index (χ1v) is 12.1. The Morgan fingerprint density at radius 2 is 1.84 bits per heavy atom. The average Bonchev–Trinajstić information content (AvgIpc) is 3.07. The van der Waals surface area contributed by atoms with Crippen LogP contribution in [0.1, 0.15) is 68.3 Å². The summed E-state index contributed by atoms with van der Waals surface area (Å²) in [7, 11) is 1.98. The Morgan fingerprint density at radius 3 is 2.61 bits per heavy atom. The zero-order valence-corrected chi connectivity index (χ0v) is 19.4. The second kappa shape index (κ2) is 7.21. The van der Waals surface area contributed by atoms with Gasteiger partial charge in [-0.05, 0) is 86.3 Å². The number of aryl methyl sites for hydroxylation is 1. The van der Waals surface area contributed by atoms with Crippen LogP contribution in [-0.2, 0) is 4.79 Å². The van der Waals surface area contributed by atoms with Crippen LogP contribution in [0.2, 0.25) is 0 Å². The summed E-state index contributed by atoms with van der Waals surface area (Å²) < 4.78 is 0. The standard InChI is InChI=1S/C27H36N2O2/c1-17-7-5-6-8-18(17)25(31)28-22-11-10-20-19-9-12-23-27(3,16-14-24(30)29(23)4)21(19)13-15-26(20,22)2/h5-8,14,16,19-23H,9-13,15H2,1-4H3,(H,28,31)/t19-,20-,21-,22?,23+,26-,27+/m0/s1. The summed E-state index contributed by atoms with van der Waals surface area (Å²) in [6.45, 7) is 6.84. The van der Waals surface area contributed by atoms with Crippen LogP contribution in [0.25, 0.3) is 0 Å². The Bertz CT molecular complexity index is 939. The van der Waals surface area contributed by atoms with Crippen molar-refractivity contribution in [3.05, 3.63) is 47.5 Å². The lowest BCUT2D eigenvalue weighted by Crippen LogP contribution is -2.60. The van der Waals surface area contributed by atoms with E-state index in [0.29, 0.717) is 23.8 Å². The first kappa shape index (κ1) is 20.8. The Hall–Kier alpha value is -2.10. The molecule has 0 spiro atoms. The molecule has 0 radical (unpaired) electrons. The van der Waals surface area contributed by atoms with Crippen LogP contribution in [0.3, 0.4) is 0 Å². The fraction of sp³-hybridized carbons (Fsp3) is 0.630. The molecule has 1 N–H and O–H groups in total. The second-order valence-electron chi connectivity index (χ2n) is 11.1. The molecule has 3 aliphatic carbocycles. The second-order valence-corrected chi connectivity index (χ2v) is 11.1. The summed E-state index contributed by atoms with van der Waals surface area (Å²) >= 11 is 0. The highest BCUT2D eigenvalue weighted by Gasteiger charge is 2.60. The molecule has 0 saturated heterocycles. The number of rotatable bonds is 2. The minimum Gasteiger partial charge on any atom is -0.349 e. The molecule has 1 aromatic carbocycles. The molecular formula is C27H36N2O2. The van der Waals surface area contributed by atoms with E-state index < -0.39 is 0 Å². The minimum absolute atomic E-state index is 0.0788. The third-order valence-electron chi connectivity index (χ3n) is 9.82. The van der Waals surface area contributed by atoms with E-state index in [4.69, 9.17) is 0 Å². The zero-order chi connectivity index (χ0) is 22.0. The van der Waals surface area contributed by atoms with Crippen molar-refractivity contribution in [3.63, 3.8) is 0 Å². The monoisotopic (exact) mass is 420 g/mol. The maximum absolute atomic E-state index is 13.1. The maximum Gasteiger partial charge on any atom is 0.251 e. The SMILES string of the molecule is Cc1ccccc1C(=O)NC1CC[C@H]2[C@@H]3CC[C@H]4N(C)C(=O)C=C[C@]4(C)[C@H]3CC[C@]12C. The quantitative estimate of drug-likeness (QED) is 0.752. The van der Waals surface area contributed by atoms with Gasteiger partial charge in [0.1, 0.15) is 0 Å². The summed E-state index contributed by atoms with van der Waals surface area (Å²) in [6.07, 6.45) is 11.0. The van der Waals surface area contributed by atoms with Gasteiger partial charge in [0, 0.05) is 30.1 Å². The van der Waals surface area contributed by atoms with Crippen LogP contribution in [0.4, 0.5) is 0 Å². The van der Waals surface area contributed by atoms with Gasteiger partial charge in [-0.2, -0.15) is 0 Å². The lowest BCUT2D eigenvalue weighted by Gasteiger charge is -2.60. The summed E-state index contributed by atoms with van der Waals surface area (Å²) in [5.74, 6) is 2.20. The summed E-state index contributed by atoms with van der Waals surface area (Å²) in [5.41, 5.74) is 2.09. The van der Waals surface area contributed by atoms with Crippen molar-refractivity contribution in [2.45, 2.75) is 71.4 Å². The molecule has 1 unspecified atom stereocenters. The van der Waals surface area contributed by atoms with Crippen molar-refractivity contribution >= 4 is 11.8 Å². The van der Waals surface area contributed by atoms with E-state index in [-0.39, 0.29) is 28.7 Å². The van der Waals surface area contributed by atoms with E-state index in [1.54, 1.807) is 0 Å². The van der Waals surface area contributed by atoms with Crippen LogP contribution >= 0.6 is 0 Å². The Kier molecular flexibility index (Phi) is 4.84. The van der Waals surface area contributed by atoms with Crippen molar-refractivity contribution in [2.24, 2.45) is 28.6 Å². The van der Waals surface area contributed by atoms with Crippen molar-refractivity contribution in [1.29, 1.82) is 0 Å². The van der Waals surface area contributed by atoms with Crippen LogP contribution in [-0.4, -0.2) is 35.8 Å². The lowest BCUT2D eigenvalue weighted by atomic mass is 9.48. The molecule has 3 saturated carbocycles. The number of fused-ring (bicyclic) bond motifs is 5. The van der Waals surface area contributed by atoms with E-state index in [2.05, 4.69) is 25.2 Å². The summed E-state index contributed by atoms with van der Waals surface area (Å²) in [4.78, 5) is 27.3. The molecule has 3 fully saturated rings. The van der Waals surface area contributed by atoms with Gasteiger partial charge in [0.15, 0.2) is 0 Å². The molecule has 1 heterocycles. The van der Waals surface area contributed by atoms with Gasteiger partial charge in [-0.15, -0.1) is 0 Å². The van der Waals surface area contributed by atoms with Crippen LogP contribution in [0.5, 0.6) is 0 Å². The number of nitrogens with one attached hydrogen (secondary N) is 1. The topological polar surface area (TPSA) is 49.4 Å². The molecule has 4 heteroatoms. The van der Waals surface area contributed by atoms with Crippen molar-refractivity contribution < 1.29 is 9.59 Å². The van der Waals surface area contributed by atoms with Gasteiger partial charge in [-0.1, -0.05) is 38.1 Å². The number of amides is 2. The number of benzene rings is 1. The Labute approximate surface area is 186 Å². The average molecular weight is 421 g/mol. The normalized spacial score (nSPS) is 41.4. The van der Waals surface area contributed by atoms with Gasteiger partial charge < -0.3 is 10.2 Å². The van der Waals surface area contributed by atoms with Crippen molar-refractivity contribution in [3.8, 4) is 0 Å². The molecule has 4 aliphatic rings. The third-order valence-corrected chi connectivity index (χ3v) is 9.82. The van der Waals surface area contributed by atoms with Gasteiger partial charge in [-0.3, -0.25) is 9.59 Å². The summed E-state index contributed by atoms with van der Waals surface area (Å²) in [6, 6.07) is 8.46. The largest absolute Gasteiger partial charge is 0.349 e. The van der Waals surface area contributed by atoms with E-state index in [1.807, 2.05) is 49.2 Å². The third kappa shape index (κ3) is 3.01. The highest BCUT2D eigenvalue weighted by Crippen LogP contribution is 2.63. The molecule has 1 aliphatic heterocycles. The lowest BCUT2D eigenvalue weighted by molar-refractivity contribution is -0.138. The van der Waals surface area contributed by atoms with Crippen LogP contribution in [0.15, 0.2) is 36.4 Å². The van der Waals surface area contributed by atoms with Gasteiger partial charge in [0.05, 0.1) is 0 Å². The molecule has 166 valence electrons. The van der Waals surface area contributed by atoms with Gasteiger partial charge >= 0.3 is 0 Å². The number of hydrogen-bond acceptors (Lipinski definition) is 2. The predicted octanol–water partition coefficient (Wildman–Crippen LogP) is 4.73. The molecule has 1 aromatic rings. The van der Waals surface area contributed by atoms with E-state index in [0.717, 1.165) is 30.4 Å². The van der Waals surface area contributed by atoms with E-state index >= 15 is 0 Å². The van der Waals surface area contributed by atoms with Crippen LogP contribution in [0, 0.1) is 35.5 Å². The van der Waals surface area contributed by atoms with Crippen LogP contribution < -0.4 is 5.32 Å². The molecule has 0 bridgehead atoms. The molecule has 7 atom stereocenters. The smallest absolute Gasteiger partial charge is 0.251 e. The Balaban J connectivity index is 1.37. The van der Waals surface area contributed by atoms with Gasteiger partial charge in [0.2, 0.25) is 5.91 Å². The molecule has 31 heavy (non-hydrogen) atoms. The first-order chi connectivity index (χ1) is 14.8. The molecule has 0 aromatic heterocycles. The zero-order valence-electron chi connectivity index (χ0n) is 19.4. The highest BCUT2D eigenvalue weighted by molar-refractivity contribution is 5.95. The molecular weight excluding hydrogens is 384 g/mol. The molecule has 2 amide bonds. The molecule has 4 nitrogen and oxygen atoms in total.